The molecule has 0 saturated heterocycles. The van der Waals surface area contributed by atoms with Crippen LogP contribution >= 0.6 is 12.2 Å². The average molecular weight is 382 g/mol. The predicted octanol–water partition coefficient (Wildman–Crippen LogP) is 3.76. The highest BCUT2D eigenvalue weighted by Crippen LogP contribution is 2.17. The van der Waals surface area contributed by atoms with Gasteiger partial charge in [0.15, 0.2) is 4.77 Å². The SMILES string of the molecule is CCC(CNC(=O)CCn1c(=S)[nH]c2ccccc2c1=O)c1ccccc1. The number of para-hydroxylation sites is 1. The van der Waals surface area contributed by atoms with Crippen molar-refractivity contribution >= 4 is 29.0 Å². The van der Waals surface area contributed by atoms with Gasteiger partial charge in [-0.05, 0) is 36.3 Å². The van der Waals surface area contributed by atoms with Gasteiger partial charge in [-0.15, -0.1) is 0 Å². The molecule has 0 saturated carbocycles. The van der Waals surface area contributed by atoms with Gasteiger partial charge in [0.05, 0.1) is 10.9 Å². The fourth-order valence-electron chi connectivity index (χ4n) is 3.16. The van der Waals surface area contributed by atoms with E-state index in [9.17, 15) is 9.59 Å². The fraction of sp³-hybridized carbons (Fsp3) is 0.286. The molecule has 0 bridgehead atoms. The second-order valence-electron chi connectivity index (χ2n) is 6.50. The number of carbonyl (C=O) groups excluding carboxylic acids is 1. The largest absolute Gasteiger partial charge is 0.355 e. The minimum atomic E-state index is -0.169. The number of aromatic nitrogens is 2. The van der Waals surface area contributed by atoms with Crippen LogP contribution in [0.1, 0.15) is 31.2 Å². The number of aromatic amines is 1. The number of hydrogen-bond donors (Lipinski definition) is 2. The van der Waals surface area contributed by atoms with Crippen LogP contribution in [0, 0.1) is 4.77 Å². The molecule has 0 radical (unpaired) electrons. The lowest BCUT2D eigenvalue weighted by Crippen LogP contribution is -2.31. The zero-order chi connectivity index (χ0) is 19.2. The molecule has 1 atom stereocenters. The Morgan fingerprint density at radius 1 is 1.15 bits per heavy atom. The summed E-state index contributed by atoms with van der Waals surface area (Å²) in [6.45, 7) is 2.95. The number of fused-ring (bicyclic) bond motifs is 1. The van der Waals surface area contributed by atoms with Gasteiger partial charge in [0.2, 0.25) is 5.91 Å². The van der Waals surface area contributed by atoms with Crippen LogP contribution < -0.4 is 10.9 Å². The summed E-state index contributed by atoms with van der Waals surface area (Å²) in [4.78, 5) is 27.9. The monoisotopic (exact) mass is 381 g/mol. The van der Waals surface area contributed by atoms with E-state index in [2.05, 4.69) is 29.4 Å². The minimum Gasteiger partial charge on any atom is -0.355 e. The normalized spacial score (nSPS) is 12.0. The molecule has 1 heterocycles. The topological polar surface area (TPSA) is 66.9 Å². The van der Waals surface area contributed by atoms with Crippen LogP contribution in [0.3, 0.4) is 0 Å². The van der Waals surface area contributed by atoms with Crippen LogP contribution in [-0.4, -0.2) is 22.0 Å². The molecule has 6 heteroatoms. The summed E-state index contributed by atoms with van der Waals surface area (Å²) >= 11 is 5.28. The van der Waals surface area contributed by atoms with Crippen molar-refractivity contribution < 1.29 is 4.79 Å². The third-order valence-corrected chi connectivity index (χ3v) is 5.08. The Morgan fingerprint density at radius 2 is 1.85 bits per heavy atom. The quantitative estimate of drug-likeness (QED) is 0.613. The molecule has 140 valence electrons. The third-order valence-electron chi connectivity index (χ3n) is 4.76. The summed E-state index contributed by atoms with van der Waals surface area (Å²) in [5, 5.41) is 3.55. The van der Waals surface area contributed by atoms with Gasteiger partial charge in [-0.1, -0.05) is 49.4 Å². The lowest BCUT2D eigenvalue weighted by Gasteiger charge is -2.16. The van der Waals surface area contributed by atoms with Crippen LogP contribution in [-0.2, 0) is 11.3 Å². The summed E-state index contributed by atoms with van der Waals surface area (Å²) in [7, 11) is 0. The fourth-order valence-corrected chi connectivity index (χ4v) is 3.45. The van der Waals surface area contributed by atoms with Gasteiger partial charge in [0.1, 0.15) is 0 Å². The van der Waals surface area contributed by atoms with Gasteiger partial charge in [-0.3, -0.25) is 14.2 Å². The van der Waals surface area contributed by atoms with Gasteiger partial charge in [0.25, 0.3) is 5.56 Å². The standard InChI is InChI=1S/C21H23N3O2S/c1-2-15(16-8-4-3-5-9-16)14-22-19(25)12-13-24-20(26)17-10-6-7-11-18(17)23-21(24)27/h3-11,15H,2,12-14H2,1H3,(H,22,25)(H,23,27). The maximum Gasteiger partial charge on any atom is 0.262 e. The van der Waals surface area contributed by atoms with Gasteiger partial charge >= 0.3 is 0 Å². The zero-order valence-electron chi connectivity index (χ0n) is 15.3. The van der Waals surface area contributed by atoms with Crippen molar-refractivity contribution in [3.63, 3.8) is 0 Å². The first-order valence-electron chi connectivity index (χ1n) is 9.13. The van der Waals surface area contributed by atoms with Crippen LogP contribution in [0.5, 0.6) is 0 Å². The zero-order valence-corrected chi connectivity index (χ0v) is 16.1. The smallest absolute Gasteiger partial charge is 0.262 e. The first-order valence-corrected chi connectivity index (χ1v) is 9.54. The van der Waals surface area contributed by atoms with Crippen molar-refractivity contribution in [2.75, 3.05) is 6.54 Å². The Balaban J connectivity index is 1.63. The van der Waals surface area contributed by atoms with E-state index in [0.717, 1.165) is 6.42 Å². The van der Waals surface area contributed by atoms with E-state index in [0.29, 0.717) is 22.2 Å². The van der Waals surface area contributed by atoms with E-state index in [4.69, 9.17) is 12.2 Å². The van der Waals surface area contributed by atoms with E-state index in [1.807, 2.05) is 36.4 Å². The molecule has 2 N–H and O–H groups in total. The molecule has 0 aliphatic carbocycles. The highest BCUT2D eigenvalue weighted by molar-refractivity contribution is 7.71. The van der Waals surface area contributed by atoms with E-state index >= 15 is 0 Å². The Hall–Kier alpha value is -2.73. The summed E-state index contributed by atoms with van der Waals surface area (Å²) in [5.74, 6) is 0.195. The number of amides is 1. The Bertz CT molecular complexity index is 1040. The first kappa shape index (κ1) is 19.0. The van der Waals surface area contributed by atoms with Gasteiger partial charge in [0, 0.05) is 25.4 Å². The summed E-state index contributed by atoms with van der Waals surface area (Å²) in [6.07, 6.45) is 1.15. The van der Waals surface area contributed by atoms with E-state index in [1.165, 1.54) is 10.1 Å². The highest BCUT2D eigenvalue weighted by atomic mass is 32.1. The first-order chi connectivity index (χ1) is 13.1. The number of rotatable bonds is 7. The van der Waals surface area contributed by atoms with Crippen molar-refractivity contribution in [1.29, 1.82) is 0 Å². The maximum absolute atomic E-state index is 12.6. The summed E-state index contributed by atoms with van der Waals surface area (Å²) in [5.41, 5.74) is 1.76. The Labute approximate surface area is 163 Å². The molecular weight excluding hydrogens is 358 g/mol. The molecule has 1 aromatic heterocycles. The average Bonchev–Trinajstić information content (AvgIpc) is 2.69. The molecule has 3 aromatic rings. The third kappa shape index (κ3) is 4.52. The second kappa shape index (κ2) is 8.77. The molecule has 0 aliphatic heterocycles. The number of carbonyl (C=O) groups is 1. The molecule has 0 aliphatic rings. The van der Waals surface area contributed by atoms with Gasteiger partial charge in [-0.2, -0.15) is 0 Å². The van der Waals surface area contributed by atoms with Gasteiger partial charge < -0.3 is 10.3 Å². The molecule has 2 aromatic carbocycles. The predicted molar refractivity (Wildman–Crippen MR) is 110 cm³/mol. The lowest BCUT2D eigenvalue weighted by atomic mass is 9.96. The van der Waals surface area contributed by atoms with Crippen LogP contribution in [0.2, 0.25) is 0 Å². The molecule has 27 heavy (non-hydrogen) atoms. The van der Waals surface area contributed by atoms with Crippen molar-refractivity contribution in [2.24, 2.45) is 0 Å². The molecule has 0 spiro atoms. The van der Waals surface area contributed by atoms with E-state index in [-0.39, 0.29) is 30.3 Å². The number of benzene rings is 2. The Kier molecular flexibility index (Phi) is 6.19. The number of nitrogens with one attached hydrogen (secondary N) is 2. The van der Waals surface area contributed by atoms with Crippen LogP contribution in [0.4, 0.5) is 0 Å². The molecule has 3 rings (SSSR count). The lowest BCUT2D eigenvalue weighted by molar-refractivity contribution is -0.121. The van der Waals surface area contributed by atoms with E-state index in [1.54, 1.807) is 6.07 Å². The highest BCUT2D eigenvalue weighted by Gasteiger charge is 2.12. The van der Waals surface area contributed by atoms with Gasteiger partial charge in [-0.25, -0.2) is 0 Å². The number of H-pyrrole nitrogens is 1. The number of nitrogens with zero attached hydrogens (tertiary/aromatic N) is 1. The number of hydrogen-bond acceptors (Lipinski definition) is 3. The van der Waals surface area contributed by atoms with Crippen LogP contribution in [0.25, 0.3) is 10.9 Å². The maximum atomic E-state index is 12.6. The van der Waals surface area contributed by atoms with Crippen molar-refractivity contribution in [1.82, 2.24) is 14.9 Å². The van der Waals surface area contributed by atoms with Crippen molar-refractivity contribution in [3.05, 3.63) is 75.3 Å². The molecule has 5 nitrogen and oxygen atoms in total. The molecule has 1 unspecified atom stereocenters. The minimum absolute atomic E-state index is 0.0844. The van der Waals surface area contributed by atoms with Crippen LogP contribution in [0.15, 0.2) is 59.4 Å². The molecule has 0 fully saturated rings. The summed E-state index contributed by atoms with van der Waals surface area (Å²) < 4.78 is 1.79. The molecular formula is C21H23N3O2S. The Morgan fingerprint density at radius 3 is 2.59 bits per heavy atom. The second-order valence-corrected chi connectivity index (χ2v) is 6.89. The summed E-state index contributed by atoms with van der Waals surface area (Å²) in [6, 6.07) is 17.4. The molecule has 1 amide bonds. The van der Waals surface area contributed by atoms with Crippen molar-refractivity contribution in [2.45, 2.75) is 32.2 Å². The van der Waals surface area contributed by atoms with E-state index < -0.39 is 0 Å². The van der Waals surface area contributed by atoms with Crippen molar-refractivity contribution in [3.8, 4) is 0 Å².